The molecule has 0 aliphatic heterocycles. The minimum atomic E-state index is 0.633. The van der Waals surface area contributed by atoms with Crippen LogP contribution in [0.3, 0.4) is 0 Å². The molecule has 0 saturated heterocycles. The first kappa shape index (κ1) is 13.0. The molecule has 0 bridgehead atoms. The van der Waals surface area contributed by atoms with Crippen molar-refractivity contribution in [2.24, 2.45) is 5.73 Å². The Morgan fingerprint density at radius 2 is 1.70 bits per heavy atom. The SMILES string of the molecule is NCCc1sc(-c2ccccc2)nc1-c1ccncc1. The van der Waals surface area contributed by atoms with Gasteiger partial charge in [-0.3, -0.25) is 4.98 Å². The second-order valence-electron chi connectivity index (χ2n) is 4.43. The fraction of sp³-hybridized carbons (Fsp3) is 0.125. The number of nitrogens with two attached hydrogens (primary N) is 1. The molecule has 100 valence electrons. The molecule has 1 aromatic carbocycles. The van der Waals surface area contributed by atoms with E-state index >= 15 is 0 Å². The Balaban J connectivity index is 2.08. The molecule has 3 aromatic rings. The van der Waals surface area contributed by atoms with Crippen molar-refractivity contribution >= 4 is 11.3 Å². The minimum Gasteiger partial charge on any atom is -0.330 e. The van der Waals surface area contributed by atoms with Crippen molar-refractivity contribution in [1.82, 2.24) is 9.97 Å². The van der Waals surface area contributed by atoms with Crippen LogP contribution >= 0.6 is 11.3 Å². The van der Waals surface area contributed by atoms with Crippen LogP contribution in [0.15, 0.2) is 54.9 Å². The van der Waals surface area contributed by atoms with Crippen molar-refractivity contribution in [3.05, 3.63) is 59.7 Å². The summed E-state index contributed by atoms with van der Waals surface area (Å²) in [4.78, 5) is 10.1. The topological polar surface area (TPSA) is 51.8 Å². The average Bonchev–Trinajstić information content (AvgIpc) is 2.94. The van der Waals surface area contributed by atoms with Gasteiger partial charge in [-0.15, -0.1) is 11.3 Å². The second kappa shape index (κ2) is 5.94. The Kier molecular flexibility index (Phi) is 3.85. The summed E-state index contributed by atoms with van der Waals surface area (Å²) >= 11 is 1.72. The normalized spacial score (nSPS) is 10.7. The number of pyridine rings is 1. The summed E-state index contributed by atoms with van der Waals surface area (Å²) in [5.41, 5.74) is 9.00. The zero-order valence-corrected chi connectivity index (χ0v) is 11.8. The number of aromatic nitrogens is 2. The summed E-state index contributed by atoms with van der Waals surface area (Å²) in [7, 11) is 0. The van der Waals surface area contributed by atoms with Gasteiger partial charge in [0, 0.05) is 28.4 Å². The third-order valence-electron chi connectivity index (χ3n) is 3.04. The maximum atomic E-state index is 5.72. The van der Waals surface area contributed by atoms with Gasteiger partial charge >= 0.3 is 0 Å². The van der Waals surface area contributed by atoms with Gasteiger partial charge in [0.25, 0.3) is 0 Å². The van der Waals surface area contributed by atoms with Crippen molar-refractivity contribution in [3.8, 4) is 21.8 Å². The summed E-state index contributed by atoms with van der Waals surface area (Å²) < 4.78 is 0. The van der Waals surface area contributed by atoms with Crippen molar-refractivity contribution in [1.29, 1.82) is 0 Å². The van der Waals surface area contributed by atoms with Gasteiger partial charge < -0.3 is 5.73 Å². The first-order valence-corrected chi connectivity index (χ1v) is 7.35. The molecule has 0 aliphatic carbocycles. The molecule has 3 rings (SSSR count). The van der Waals surface area contributed by atoms with Crippen LogP contribution in [0.2, 0.25) is 0 Å². The maximum Gasteiger partial charge on any atom is 0.124 e. The van der Waals surface area contributed by atoms with Crippen molar-refractivity contribution < 1.29 is 0 Å². The van der Waals surface area contributed by atoms with Gasteiger partial charge in [0.05, 0.1) is 5.69 Å². The zero-order valence-electron chi connectivity index (χ0n) is 11.0. The molecule has 4 heteroatoms. The Morgan fingerprint density at radius 1 is 0.950 bits per heavy atom. The van der Waals surface area contributed by atoms with Crippen LogP contribution in [0.5, 0.6) is 0 Å². The quantitative estimate of drug-likeness (QED) is 0.797. The largest absolute Gasteiger partial charge is 0.330 e. The lowest BCUT2D eigenvalue weighted by atomic mass is 10.1. The smallest absolute Gasteiger partial charge is 0.124 e. The molecule has 0 spiro atoms. The van der Waals surface area contributed by atoms with Crippen LogP contribution in [-0.4, -0.2) is 16.5 Å². The fourth-order valence-corrected chi connectivity index (χ4v) is 3.20. The molecule has 0 aliphatic rings. The van der Waals surface area contributed by atoms with E-state index in [1.54, 1.807) is 23.7 Å². The van der Waals surface area contributed by atoms with Crippen LogP contribution < -0.4 is 5.73 Å². The van der Waals surface area contributed by atoms with E-state index in [2.05, 4.69) is 17.1 Å². The predicted molar refractivity (Wildman–Crippen MR) is 83.5 cm³/mol. The Labute approximate surface area is 122 Å². The fourth-order valence-electron chi connectivity index (χ4n) is 2.09. The first-order chi connectivity index (χ1) is 9.88. The number of hydrogen-bond acceptors (Lipinski definition) is 4. The van der Waals surface area contributed by atoms with E-state index < -0.39 is 0 Å². The summed E-state index contributed by atoms with van der Waals surface area (Å²) in [6.07, 6.45) is 4.44. The molecule has 0 unspecified atom stereocenters. The Morgan fingerprint density at radius 3 is 2.40 bits per heavy atom. The van der Waals surface area contributed by atoms with Crippen molar-refractivity contribution in [3.63, 3.8) is 0 Å². The lowest BCUT2D eigenvalue weighted by Gasteiger charge is -1.99. The number of benzene rings is 1. The molecular formula is C16H15N3S. The minimum absolute atomic E-state index is 0.633. The van der Waals surface area contributed by atoms with Crippen LogP contribution in [0, 0.1) is 0 Å². The van der Waals surface area contributed by atoms with Gasteiger partial charge in [0.2, 0.25) is 0 Å². The number of rotatable bonds is 4. The number of hydrogen-bond donors (Lipinski definition) is 1. The van der Waals surface area contributed by atoms with Crippen LogP contribution in [0.25, 0.3) is 21.8 Å². The second-order valence-corrected chi connectivity index (χ2v) is 5.52. The molecule has 0 saturated carbocycles. The van der Waals surface area contributed by atoms with E-state index in [-0.39, 0.29) is 0 Å². The highest BCUT2D eigenvalue weighted by atomic mass is 32.1. The molecule has 2 N–H and O–H groups in total. The first-order valence-electron chi connectivity index (χ1n) is 6.54. The third-order valence-corrected chi connectivity index (χ3v) is 4.21. The van der Waals surface area contributed by atoms with Crippen LogP contribution in [0.4, 0.5) is 0 Å². The lowest BCUT2D eigenvalue weighted by molar-refractivity contribution is 0.986. The molecular weight excluding hydrogens is 266 g/mol. The molecule has 2 aromatic heterocycles. The zero-order chi connectivity index (χ0) is 13.8. The molecule has 0 radical (unpaired) electrons. The molecule has 0 fully saturated rings. The monoisotopic (exact) mass is 281 g/mol. The highest BCUT2D eigenvalue weighted by molar-refractivity contribution is 7.15. The highest BCUT2D eigenvalue weighted by Crippen LogP contribution is 2.33. The van der Waals surface area contributed by atoms with Crippen molar-refractivity contribution in [2.75, 3.05) is 6.54 Å². The molecule has 0 atom stereocenters. The van der Waals surface area contributed by atoms with E-state index in [0.717, 1.165) is 28.2 Å². The van der Waals surface area contributed by atoms with Gasteiger partial charge in [0.1, 0.15) is 5.01 Å². The van der Waals surface area contributed by atoms with Gasteiger partial charge in [-0.05, 0) is 25.1 Å². The van der Waals surface area contributed by atoms with E-state index in [0.29, 0.717) is 6.54 Å². The standard InChI is InChI=1S/C16H15N3S/c17-9-6-14-15(12-7-10-18-11-8-12)19-16(20-14)13-4-2-1-3-5-13/h1-5,7-8,10-11H,6,9,17H2. The Bertz CT molecular complexity index is 677. The highest BCUT2D eigenvalue weighted by Gasteiger charge is 2.13. The van der Waals surface area contributed by atoms with Crippen LogP contribution in [0.1, 0.15) is 4.88 Å². The van der Waals surface area contributed by atoms with E-state index in [1.807, 2.05) is 30.3 Å². The number of thiazole rings is 1. The van der Waals surface area contributed by atoms with Gasteiger partial charge in [-0.25, -0.2) is 4.98 Å². The third kappa shape index (κ3) is 2.61. The summed E-state index contributed by atoms with van der Waals surface area (Å²) in [5, 5.41) is 1.04. The van der Waals surface area contributed by atoms with Gasteiger partial charge in [-0.2, -0.15) is 0 Å². The lowest BCUT2D eigenvalue weighted by Crippen LogP contribution is -2.02. The van der Waals surface area contributed by atoms with E-state index in [9.17, 15) is 0 Å². The summed E-state index contributed by atoms with van der Waals surface area (Å²) in [6, 6.07) is 14.2. The molecule has 20 heavy (non-hydrogen) atoms. The molecule has 2 heterocycles. The number of nitrogens with zero attached hydrogens (tertiary/aromatic N) is 2. The summed E-state index contributed by atoms with van der Waals surface area (Å²) in [6.45, 7) is 0.633. The molecule has 3 nitrogen and oxygen atoms in total. The van der Waals surface area contributed by atoms with Gasteiger partial charge in [0.15, 0.2) is 0 Å². The molecule has 0 amide bonds. The summed E-state index contributed by atoms with van der Waals surface area (Å²) in [5.74, 6) is 0. The van der Waals surface area contributed by atoms with E-state index in [1.165, 1.54) is 4.88 Å². The average molecular weight is 281 g/mol. The van der Waals surface area contributed by atoms with E-state index in [4.69, 9.17) is 10.7 Å². The maximum absolute atomic E-state index is 5.72. The van der Waals surface area contributed by atoms with Crippen molar-refractivity contribution in [2.45, 2.75) is 6.42 Å². The van der Waals surface area contributed by atoms with Gasteiger partial charge in [-0.1, -0.05) is 30.3 Å². The van der Waals surface area contributed by atoms with Crippen LogP contribution in [-0.2, 0) is 6.42 Å². The Hall–Kier alpha value is -2.04. The predicted octanol–water partition coefficient (Wildman–Crippen LogP) is 3.37.